The number of para-hydroxylation sites is 1. The smallest absolute Gasteiger partial charge is 0.350 e. The summed E-state index contributed by atoms with van der Waals surface area (Å²) in [6, 6.07) is 20.2. The van der Waals surface area contributed by atoms with Gasteiger partial charge < -0.3 is 10.1 Å². The maximum atomic E-state index is 12.4. The molecule has 4 aromatic rings. The van der Waals surface area contributed by atoms with Crippen LogP contribution in [0.3, 0.4) is 0 Å². The van der Waals surface area contributed by atoms with Gasteiger partial charge in [-0.15, -0.1) is 5.10 Å². The largest absolute Gasteiger partial charge is 0.496 e. The van der Waals surface area contributed by atoms with Gasteiger partial charge in [0.05, 0.1) is 13.7 Å². The molecule has 0 saturated carbocycles. The summed E-state index contributed by atoms with van der Waals surface area (Å²) in [6.45, 7) is 0.307. The molecule has 0 fully saturated rings. The van der Waals surface area contributed by atoms with Gasteiger partial charge in [-0.2, -0.15) is 0 Å². The number of nitrogens with zero attached hydrogens (tertiary/aromatic N) is 3. The molecule has 0 spiro atoms. The Morgan fingerprint density at radius 1 is 1.10 bits per heavy atom. The third-order valence-electron chi connectivity index (χ3n) is 4.57. The van der Waals surface area contributed by atoms with Gasteiger partial charge in [0, 0.05) is 23.5 Å². The lowest BCUT2D eigenvalue weighted by Gasteiger charge is -2.06. The molecular weight excluding hydrogens is 380 g/mol. The minimum absolute atomic E-state index is 0.209. The van der Waals surface area contributed by atoms with Crippen LogP contribution >= 0.6 is 0 Å². The summed E-state index contributed by atoms with van der Waals surface area (Å²) in [5.41, 5.74) is 2.69. The van der Waals surface area contributed by atoms with Crippen molar-refractivity contribution in [2.24, 2.45) is 0 Å². The average Bonchev–Trinajstić information content (AvgIpc) is 3.08. The summed E-state index contributed by atoms with van der Waals surface area (Å²) in [5, 5.41) is 7.17. The molecule has 0 saturated heterocycles. The number of carbonyl (C=O) groups excluding carboxylic acids is 1. The van der Waals surface area contributed by atoms with Crippen LogP contribution in [0.25, 0.3) is 11.7 Å². The normalized spacial score (nSPS) is 11.1. The van der Waals surface area contributed by atoms with Crippen molar-refractivity contribution in [2.45, 2.75) is 6.54 Å². The summed E-state index contributed by atoms with van der Waals surface area (Å²) in [4.78, 5) is 24.8. The molecule has 0 unspecified atom stereocenters. The number of ether oxygens (including phenoxy) is 1. The van der Waals surface area contributed by atoms with Crippen molar-refractivity contribution in [3.05, 3.63) is 101 Å². The van der Waals surface area contributed by atoms with Gasteiger partial charge in [0.2, 0.25) is 5.91 Å². The van der Waals surface area contributed by atoms with Crippen LogP contribution in [0.1, 0.15) is 11.1 Å². The lowest BCUT2D eigenvalue weighted by molar-refractivity contribution is -0.111. The van der Waals surface area contributed by atoms with Crippen LogP contribution < -0.4 is 15.7 Å². The number of pyridine rings is 1. The van der Waals surface area contributed by atoms with Crippen LogP contribution in [0.2, 0.25) is 0 Å². The van der Waals surface area contributed by atoms with Crippen molar-refractivity contribution in [3.63, 3.8) is 0 Å². The molecule has 0 aliphatic heterocycles. The fourth-order valence-electron chi connectivity index (χ4n) is 3.14. The van der Waals surface area contributed by atoms with Crippen LogP contribution in [0, 0.1) is 0 Å². The second-order valence-electron chi connectivity index (χ2n) is 6.63. The van der Waals surface area contributed by atoms with E-state index in [1.54, 1.807) is 37.6 Å². The van der Waals surface area contributed by atoms with Gasteiger partial charge in [-0.1, -0.05) is 36.4 Å². The zero-order valence-electron chi connectivity index (χ0n) is 16.4. The first-order valence-corrected chi connectivity index (χ1v) is 9.39. The molecule has 0 radical (unpaired) electrons. The topological polar surface area (TPSA) is 77.6 Å². The Morgan fingerprint density at radius 2 is 1.93 bits per heavy atom. The molecule has 30 heavy (non-hydrogen) atoms. The molecular formula is C23H20N4O3. The van der Waals surface area contributed by atoms with Crippen molar-refractivity contribution in [1.29, 1.82) is 0 Å². The number of benzene rings is 2. The van der Waals surface area contributed by atoms with Gasteiger partial charge in [0.25, 0.3) is 0 Å². The zero-order valence-corrected chi connectivity index (χ0v) is 16.4. The van der Waals surface area contributed by atoms with Gasteiger partial charge >= 0.3 is 5.69 Å². The van der Waals surface area contributed by atoms with E-state index >= 15 is 0 Å². The minimum Gasteiger partial charge on any atom is -0.496 e. The van der Waals surface area contributed by atoms with Crippen LogP contribution in [0.5, 0.6) is 5.75 Å². The van der Waals surface area contributed by atoms with Gasteiger partial charge in [0.1, 0.15) is 5.75 Å². The van der Waals surface area contributed by atoms with E-state index in [2.05, 4.69) is 10.4 Å². The molecule has 4 rings (SSSR count). The van der Waals surface area contributed by atoms with E-state index in [0.29, 0.717) is 23.6 Å². The lowest BCUT2D eigenvalue weighted by Crippen LogP contribution is -2.21. The molecule has 0 atom stereocenters. The Bertz CT molecular complexity index is 1290. The van der Waals surface area contributed by atoms with E-state index in [4.69, 9.17) is 4.74 Å². The molecule has 7 heteroatoms. The Morgan fingerprint density at radius 3 is 2.77 bits per heavy atom. The minimum atomic E-state index is -0.261. The monoisotopic (exact) mass is 400 g/mol. The number of hydrogen-bond acceptors (Lipinski definition) is 4. The highest BCUT2D eigenvalue weighted by atomic mass is 16.5. The number of amides is 1. The molecule has 150 valence electrons. The highest BCUT2D eigenvalue weighted by Crippen LogP contribution is 2.19. The van der Waals surface area contributed by atoms with Crippen molar-refractivity contribution in [1.82, 2.24) is 14.2 Å². The van der Waals surface area contributed by atoms with E-state index < -0.39 is 0 Å². The summed E-state index contributed by atoms with van der Waals surface area (Å²) in [7, 11) is 1.59. The van der Waals surface area contributed by atoms with Crippen LogP contribution in [0.15, 0.2) is 83.8 Å². The Labute approximate surface area is 172 Å². The molecule has 2 aromatic heterocycles. The lowest BCUT2D eigenvalue weighted by atomic mass is 10.2. The summed E-state index contributed by atoms with van der Waals surface area (Å²) in [6.07, 6.45) is 4.84. The Hall–Kier alpha value is -4.13. The van der Waals surface area contributed by atoms with Gasteiger partial charge in [-0.3, -0.25) is 9.20 Å². The maximum Gasteiger partial charge on any atom is 0.350 e. The maximum absolute atomic E-state index is 12.4. The summed E-state index contributed by atoms with van der Waals surface area (Å²) >= 11 is 0. The molecule has 0 aliphatic rings. The van der Waals surface area contributed by atoms with Crippen molar-refractivity contribution >= 4 is 23.3 Å². The average molecular weight is 400 g/mol. The molecule has 7 nitrogen and oxygen atoms in total. The second kappa shape index (κ2) is 8.48. The highest BCUT2D eigenvalue weighted by molar-refractivity contribution is 6.02. The number of methoxy groups -OCH3 is 1. The van der Waals surface area contributed by atoms with Crippen LogP contribution in [-0.4, -0.2) is 27.2 Å². The molecule has 1 amide bonds. The number of hydrogen-bond donors (Lipinski definition) is 1. The highest BCUT2D eigenvalue weighted by Gasteiger charge is 2.07. The number of rotatable bonds is 6. The van der Waals surface area contributed by atoms with Crippen LogP contribution in [-0.2, 0) is 11.3 Å². The van der Waals surface area contributed by atoms with Crippen molar-refractivity contribution in [2.75, 3.05) is 12.4 Å². The quantitative estimate of drug-likeness (QED) is 0.504. The zero-order chi connectivity index (χ0) is 20.9. The third-order valence-corrected chi connectivity index (χ3v) is 4.57. The summed E-state index contributed by atoms with van der Waals surface area (Å²) < 4.78 is 8.18. The van der Waals surface area contributed by atoms with E-state index in [1.807, 2.05) is 48.5 Å². The molecule has 2 aromatic carbocycles. The summed E-state index contributed by atoms with van der Waals surface area (Å²) in [5.74, 6) is 0.435. The van der Waals surface area contributed by atoms with Gasteiger partial charge in [-0.05, 0) is 42.0 Å². The predicted molar refractivity (Wildman–Crippen MR) is 116 cm³/mol. The number of carbonyl (C=O) groups is 1. The number of nitrogens with one attached hydrogen (secondary N) is 1. The third kappa shape index (κ3) is 4.15. The van der Waals surface area contributed by atoms with Crippen molar-refractivity contribution in [3.8, 4) is 5.75 Å². The number of aromatic nitrogens is 3. The fraction of sp³-hybridized carbons (Fsp3) is 0.0870. The first-order chi connectivity index (χ1) is 14.6. The first kappa shape index (κ1) is 19.2. The van der Waals surface area contributed by atoms with Crippen molar-refractivity contribution < 1.29 is 9.53 Å². The van der Waals surface area contributed by atoms with E-state index in [9.17, 15) is 9.59 Å². The molecule has 2 heterocycles. The Kier molecular flexibility index (Phi) is 5.43. The van der Waals surface area contributed by atoms with Gasteiger partial charge in [0.15, 0.2) is 5.65 Å². The van der Waals surface area contributed by atoms with Gasteiger partial charge in [-0.25, -0.2) is 9.48 Å². The predicted octanol–water partition coefficient (Wildman–Crippen LogP) is 3.20. The molecule has 0 aliphatic carbocycles. The fourth-order valence-corrected chi connectivity index (χ4v) is 3.14. The number of fused-ring (bicyclic) bond motifs is 1. The van der Waals surface area contributed by atoms with Crippen LogP contribution in [0.4, 0.5) is 5.69 Å². The first-order valence-electron chi connectivity index (χ1n) is 9.39. The van der Waals surface area contributed by atoms with E-state index in [0.717, 1.165) is 11.1 Å². The number of anilines is 1. The second-order valence-corrected chi connectivity index (χ2v) is 6.63. The standard InChI is InChI=1S/C23H20N4O3/c1-30-20-10-3-2-8-18(20)12-13-22(28)24-19-9-6-7-17(15-19)16-27-23(29)26-14-5-4-11-21(26)25-27/h2-15H,16H2,1H3,(H,24,28)/b13-12+. The molecule has 0 bridgehead atoms. The Balaban J connectivity index is 1.48. The SMILES string of the molecule is COc1ccccc1/C=C/C(=O)Nc1cccc(Cn2nc3ccccn3c2=O)c1. The molecule has 1 N–H and O–H groups in total. The van der Waals surface area contributed by atoms with E-state index in [-0.39, 0.29) is 11.6 Å². The van der Waals surface area contributed by atoms with E-state index in [1.165, 1.54) is 15.2 Å².